The number of thiazole rings is 1. The van der Waals surface area contributed by atoms with Gasteiger partial charge in [-0.15, -0.1) is 11.3 Å². The van der Waals surface area contributed by atoms with Crippen molar-refractivity contribution in [2.24, 2.45) is 5.73 Å². The van der Waals surface area contributed by atoms with Gasteiger partial charge >= 0.3 is 0 Å². The SMILES string of the molecule is COc1ccc(/C=c2\sc3n(c2=O)C(N)=C(C#N)[C@H](c2ccc(OC)c(Br)c2)C=3C#N)cc1Br. The van der Waals surface area contributed by atoms with Crippen LogP contribution in [0, 0.1) is 22.7 Å². The Labute approximate surface area is 215 Å². The minimum atomic E-state index is -0.710. The molecule has 2 aromatic carbocycles. The van der Waals surface area contributed by atoms with Crippen molar-refractivity contribution in [2.75, 3.05) is 14.2 Å². The van der Waals surface area contributed by atoms with Gasteiger partial charge in [-0.25, -0.2) is 0 Å². The maximum absolute atomic E-state index is 13.3. The Bertz CT molecular complexity index is 1620. The third-order valence-electron chi connectivity index (χ3n) is 5.37. The van der Waals surface area contributed by atoms with Gasteiger partial charge in [-0.05, 0) is 73.3 Å². The zero-order chi connectivity index (χ0) is 24.6. The van der Waals surface area contributed by atoms with Crippen LogP contribution in [0.3, 0.4) is 0 Å². The quantitative estimate of drug-likeness (QED) is 0.492. The second kappa shape index (κ2) is 9.51. The summed E-state index contributed by atoms with van der Waals surface area (Å²) in [4.78, 5) is 13.3. The molecule has 170 valence electrons. The van der Waals surface area contributed by atoms with Gasteiger partial charge in [-0.2, -0.15) is 10.5 Å². The minimum absolute atomic E-state index is 0.0188. The van der Waals surface area contributed by atoms with Crippen LogP contribution in [0.4, 0.5) is 0 Å². The van der Waals surface area contributed by atoms with Gasteiger partial charge in [0.15, 0.2) is 0 Å². The normalized spacial score (nSPS) is 15.5. The van der Waals surface area contributed by atoms with Crippen LogP contribution >= 0.6 is 43.2 Å². The van der Waals surface area contributed by atoms with Crippen LogP contribution in [0.5, 0.6) is 11.5 Å². The minimum Gasteiger partial charge on any atom is -0.496 e. The van der Waals surface area contributed by atoms with Crippen molar-refractivity contribution in [3.8, 4) is 23.6 Å². The molecule has 2 heterocycles. The van der Waals surface area contributed by atoms with Gasteiger partial charge in [0.25, 0.3) is 5.56 Å². The van der Waals surface area contributed by atoms with Gasteiger partial charge in [-0.1, -0.05) is 12.1 Å². The zero-order valence-corrected chi connectivity index (χ0v) is 21.9. The van der Waals surface area contributed by atoms with Crippen LogP contribution in [0.2, 0.25) is 0 Å². The fraction of sp³-hybridized carbons (Fsp3) is 0.125. The predicted octanol–water partition coefficient (Wildman–Crippen LogP) is 3.40. The molecule has 10 heteroatoms. The van der Waals surface area contributed by atoms with Crippen LogP contribution in [-0.4, -0.2) is 18.8 Å². The van der Waals surface area contributed by atoms with Crippen LogP contribution < -0.4 is 30.0 Å². The Hall–Kier alpha value is -3.31. The van der Waals surface area contributed by atoms with Gasteiger partial charge in [0.2, 0.25) is 0 Å². The molecule has 0 aliphatic carbocycles. The number of hydrogen-bond acceptors (Lipinski definition) is 7. The van der Waals surface area contributed by atoms with E-state index in [4.69, 9.17) is 15.2 Å². The monoisotopic (exact) mass is 598 g/mol. The first-order valence-electron chi connectivity index (χ1n) is 9.79. The number of methoxy groups -OCH3 is 2. The Kier molecular flexibility index (Phi) is 6.67. The third kappa shape index (κ3) is 3.94. The second-order valence-electron chi connectivity index (χ2n) is 7.21. The Morgan fingerprint density at radius 1 is 1.03 bits per heavy atom. The molecule has 0 radical (unpaired) electrons. The number of halogens is 2. The molecule has 0 unspecified atom stereocenters. The highest BCUT2D eigenvalue weighted by molar-refractivity contribution is 9.10. The highest BCUT2D eigenvalue weighted by atomic mass is 79.9. The molecule has 1 aliphatic heterocycles. The van der Waals surface area contributed by atoms with Crippen LogP contribution in [0.15, 0.2) is 55.7 Å². The van der Waals surface area contributed by atoms with E-state index in [0.717, 1.165) is 21.4 Å². The topological polar surface area (TPSA) is 114 Å². The molecule has 1 aromatic heterocycles. The average molecular weight is 600 g/mol. The van der Waals surface area contributed by atoms with E-state index in [1.54, 1.807) is 44.6 Å². The van der Waals surface area contributed by atoms with Crippen LogP contribution in [-0.2, 0) is 0 Å². The molecule has 0 fully saturated rings. The standard InChI is InChI=1S/C24H16Br2N4O3S/c1-32-18-5-3-12(7-16(18)25)8-20-23(31)30-22(29)14(10-27)21(15(11-28)24(30)34-20)13-4-6-19(33-2)17(26)9-13/h3-9,21H,29H2,1-2H3/b20-8-/t21-/m0/s1. The molecule has 0 bridgehead atoms. The summed E-state index contributed by atoms with van der Waals surface area (Å²) in [5, 5.41) is 20.0. The summed E-state index contributed by atoms with van der Waals surface area (Å²) < 4.78 is 14.0. The molecule has 0 amide bonds. The van der Waals surface area contributed by atoms with Gasteiger partial charge < -0.3 is 15.2 Å². The van der Waals surface area contributed by atoms with Crippen molar-refractivity contribution in [1.82, 2.24) is 4.57 Å². The lowest BCUT2D eigenvalue weighted by molar-refractivity contribution is 0.412. The second-order valence-corrected chi connectivity index (χ2v) is 9.95. The molecule has 7 nitrogen and oxygen atoms in total. The van der Waals surface area contributed by atoms with Crippen molar-refractivity contribution >= 4 is 60.7 Å². The first-order valence-corrected chi connectivity index (χ1v) is 12.2. The smallest absolute Gasteiger partial charge is 0.274 e. The fourth-order valence-corrected chi connectivity index (χ4v) is 6.02. The molecular weight excluding hydrogens is 584 g/mol. The number of nitrogens with two attached hydrogens (primary N) is 1. The van der Waals surface area contributed by atoms with E-state index in [2.05, 4.69) is 44.0 Å². The largest absolute Gasteiger partial charge is 0.496 e. The summed E-state index contributed by atoms with van der Waals surface area (Å²) >= 11 is 8.06. The van der Waals surface area contributed by atoms with Crippen molar-refractivity contribution < 1.29 is 9.47 Å². The molecule has 34 heavy (non-hydrogen) atoms. The average Bonchev–Trinajstić information content (AvgIpc) is 3.15. The predicted molar refractivity (Wildman–Crippen MR) is 138 cm³/mol. The molecule has 3 aromatic rings. The summed E-state index contributed by atoms with van der Waals surface area (Å²) in [6.45, 7) is 0. The number of nitrogens with zero attached hydrogens (tertiary/aromatic N) is 3. The number of aromatic nitrogens is 1. The Morgan fingerprint density at radius 2 is 1.65 bits per heavy atom. The summed E-state index contributed by atoms with van der Waals surface area (Å²) in [5.41, 5.74) is 7.81. The lowest BCUT2D eigenvalue weighted by atomic mass is 9.84. The number of ether oxygens (including phenoxy) is 2. The molecule has 0 saturated heterocycles. The Balaban J connectivity index is 2.00. The molecular formula is C24H16Br2N4O3S. The molecule has 4 rings (SSSR count). The van der Waals surface area contributed by atoms with Crippen molar-refractivity contribution in [2.45, 2.75) is 5.92 Å². The molecule has 1 atom stereocenters. The number of hydrogen-bond donors (Lipinski definition) is 1. The van der Waals surface area contributed by atoms with E-state index in [1.165, 1.54) is 4.57 Å². The first kappa shape index (κ1) is 23.8. The van der Waals surface area contributed by atoms with Crippen molar-refractivity contribution in [1.29, 1.82) is 10.5 Å². The molecule has 1 aliphatic rings. The van der Waals surface area contributed by atoms with Crippen molar-refractivity contribution in [3.63, 3.8) is 0 Å². The first-order chi connectivity index (χ1) is 16.3. The molecule has 0 spiro atoms. The van der Waals surface area contributed by atoms with Crippen molar-refractivity contribution in [3.05, 3.63) is 81.6 Å². The third-order valence-corrected chi connectivity index (χ3v) is 7.72. The number of nitriles is 2. The maximum atomic E-state index is 13.3. The lowest BCUT2D eigenvalue weighted by Gasteiger charge is -2.22. The van der Waals surface area contributed by atoms with E-state index >= 15 is 0 Å². The number of benzene rings is 2. The van der Waals surface area contributed by atoms with Crippen LogP contribution in [0.1, 0.15) is 17.0 Å². The summed E-state index contributed by atoms with van der Waals surface area (Å²) in [7, 11) is 3.12. The summed E-state index contributed by atoms with van der Waals surface area (Å²) in [5.74, 6) is 0.589. The van der Waals surface area contributed by atoms with Gasteiger partial charge in [0.1, 0.15) is 22.0 Å². The summed E-state index contributed by atoms with van der Waals surface area (Å²) in [6.07, 6.45) is 1.72. The highest BCUT2D eigenvalue weighted by Gasteiger charge is 2.32. The van der Waals surface area contributed by atoms with E-state index in [9.17, 15) is 15.3 Å². The van der Waals surface area contributed by atoms with Gasteiger partial charge in [0, 0.05) is 0 Å². The fourth-order valence-electron chi connectivity index (χ4n) is 3.77. The van der Waals surface area contributed by atoms with E-state index in [1.807, 2.05) is 12.1 Å². The van der Waals surface area contributed by atoms with E-state index < -0.39 is 5.92 Å². The summed E-state index contributed by atoms with van der Waals surface area (Å²) in [6, 6.07) is 15.1. The number of fused-ring (bicyclic) bond motifs is 1. The molecule has 0 saturated carbocycles. The maximum Gasteiger partial charge on any atom is 0.274 e. The van der Waals surface area contributed by atoms with Gasteiger partial charge in [-0.3, -0.25) is 9.36 Å². The van der Waals surface area contributed by atoms with Gasteiger partial charge in [0.05, 0.1) is 56.9 Å². The number of allylic oxidation sites excluding steroid dienone is 1. The Morgan fingerprint density at radius 3 is 2.21 bits per heavy atom. The number of rotatable bonds is 4. The lowest BCUT2D eigenvalue weighted by Crippen LogP contribution is -2.38. The van der Waals surface area contributed by atoms with Crippen LogP contribution in [0.25, 0.3) is 17.5 Å². The molecule has 2 N–H and O–H groups in total. The van der Waals surface area contributed by atoms with E-state index in [-0.39, 0.29) is 22.5 Å². The zero-order valence-electron chi connectivity index (χ0n) is 17.9. The van der Waals surface area contributed by atoms with E-state index in [0.29, 0.717) is 30.7 Å². The highest BCUT2D eigenvalue weighted by Crippen LogP contribution is 2.38.